The fourth-order valence-corrected chi connectivity index (χ4v) is 3.63. The van der Waals surface area contributed by atoms with E-state index in [2.05, 4.69) is 22.1 Å². The third kappa shape index (κ3) is 4.68. The zero-order chi connectivity index (χ0) is 18.7. The van der Waals surface area contributed by atoms with Crippen LogP contribution in [0.2, 0.25) is 0 Å². The van der Waals surface area contributed by atoms with Crippen LogP contribution in [0.1, 0.15) is 44.9 Å². The number of halogens is 1. The Labute approximate surface area is 155 Å². The predicted molar refractivity (Wildman–Crippen MR) is 101 cm³/mol. The average Bonchev–Trinajstić information content (AvgIpc) is 3.06. The van der Waals surface area contributed by atoms with Crippen molar-refractivity contribution in [3.63, 3.8) is 0 Å². The van der Waals surface area contributed by atoms with Gasteiger partial charge in [0.25, 0.3) is 0 Å². The number of likely N-dealkylation sites (tertiary alicyclic amines) is 1. The molecule has 142 valence electrons. The maximum absolute atomic E-state index is 13.9. The number of benzene rings is 1. The Bertz CT molecular complexity index is 713. The van der Waals surface area contributed by atoms with Gasteiger partial charge in [0.05, 0.1) is 11.7 Å². The zero-order valence-corrected chi connectivity index (χ0v) is 16.0. The van der Waals surface area contributed by atoms with Crippen LogP contribution in [0.25, 0.3) is 0 Å². The average molecular weight is 359 g/mol. The quantitative estimate of drug-likeness (QED) is 0.861. The largest absolute Gasteiger partial charge is 0.320 e. The summed E-state index contributed by atoms with van der Waals surface area (Å²) < 4.78 is 15.8. The summed E-state index contributed by atoms with van der Waals surface area (Å²) in [5.74, 6) is 0.501. The van der Waals surface area contributed by atoms with Gasteiger partial charge < -0.3 is 10.6 Å². The molecule has 0 aliphatic carbocycles. The highest BCUT2D eigenvalue weighted by Gasteiger charge is 2.25. The molecule has 26 heavy (non-hydrogen) atoms. The number of hydrogen-bond acceptors (Lipinski definition) is 4. The molecule has 2 aromatic rings. The fourth-order valence-electron chi connectivity index (χ4n) is 3.63. The molecular formula is C20H30FN5. The molecule has 1 aromatic heterocycles. The SMILES string of the molecule is C[C@H](Cc1ccccc1F)N1CCC(Cn2cc(C(C)(C)N)nn2)CC1. The van der Waals surface area contributed by atoms with Crippen molar-refractivity contribution in [3.05, 3.63) is 47.5 Å². The molecule has 0 radical (unpaired) electrons. The molecule has 1 saturated heterocycles. The second kappa shape index (κ2) is 7.84. The van der Waals surface area contributed by atoms with Gasteiger partial charge in [-0.15, -0.1) is 5.10 Å². The van der Waals surface area contributed by atoms with Crippen LogP contribution < -0.4 is 5.73 Å². The normalized spacial score (nSPS) is 18.2. The first-order chi connectivity index (χ1) is 12.3. The van der Waals surface area contributed by atoms with Crippen molar-refractivity contribution < 1.29 is 4.39 Å². The lowest BCUT2D eigenvalue weighted by molar-refractivity contribution is 0.130. The van der Waals surface area contributed by atoms with Crippen molar-refractivity contribution in [1.29, 1.82) is 0 Å². The summed E-state index contributed by atoms with van der Waals surface area (Å²) in [5.41, 5.74) is 7.26. The molecule has 0 saturated carbocycles. The van der Waals surface area contributed by atoms with Crippen LogP contribution in [0.4, 0.5) is 4.39 Å². The third-order valence-corrected chi connectivity index (χ3v) is 5.39. The summed E-state index contributed by atoms with van der Waals surface area (Å²) in [6, 6.07) is 7.44. The summed E-state index contributed by atoms with van der Waals surface area (Å²) >= 11 is 0. The topological polar surface area (TPSA) is 60.0 Å². The van der Waals surface area contributed by atoms with E-state index in [4.69, 9.17) is 5.73 Å². The highest BCUT2D eigenvalue weighted by atomic mass is 19.1. The lowest BCUT2D eigenvalue weighted by atomic mass is 9.94. The van der Waals surface area contributed by atoms with Gasteiger partial charge in [-0.2, -0.15) is 0 Å². The number of nitrogens with zero attached hydrogens (tertiary/aromatic N) is 4. The van der Waals surface area contributed by atoms with Crippen LogP contribution in [-0.2, 0) is 18.5 Å². The zero-order valence-electron chi connectivity index (χ0n) is 16.0. The van der Waals surface area contributed by atoms with Crippen LogP contribution in [-0.4, -0.2) is 39.0 Å². The fraction of sp³-hybridized carbons (Fsp3) is 0.600. The molecule has 2 heterocycles. The number of rotatable bonds is 6. The molecule has 0 spiro atoms. The Balaban J connectivity index is 1.49. The molecule has 2 N–H and O–H groups in total. The highest BCUT2D eigenvalue weighted by Crippen LogP contribution is 2.23. The Morgan fingerprint density at radius 1 is 1.27 bits per heavy atom. The molecule has 1 aliphatic rings. The van der Waals surface area contributed by atoms with Gasteiger partial charge >= 0.3 is 0 Å². The first kappa shape index (κ1) is 19.0. The molecule has 6 heteroatoms. The van der Waals surface area contributed by atoms with E-state index in [1.807, 2.05) is 36.9 Å². The van der Waals surface area contributed by atoms with E-state index < -0.39 is 5.54 Å². The smallest absolute Gasteiger partial charge is 0.126 e. The summed E-state index contributed by atoms with van der Waals surface area (Å²) in [7, 11) is 0. The van der Waals surface area contributed by atoms with Gasteiger partial charge in [0.15, 0.2) is 0 Å². The number of piperidine rings is 1. The third-order valence-electron chi connectivity index (χ3n) is 5.39. The van der Waals surface area contributed by atoms with Crippen molar-refractivity contribution in [2.24, 2.45) is 11.7 Å². The second-order valence-corrected chi connectivity index (χ2v) is 8.17. The van der Waals surface area contributed by atoms with E-state index in [-0.39, 0.29) is 5.82 Å². The minimum Gasteiger partial charge on any atom is -0.320 e. The van der Waals surface area contributed by atoms with Crippen molar-refractivity contribution in [1.82, 2.24) is 19.9 Å². The van der Waals surface area contributed by atoms with Crippen molar-refractivity contribution in [2.75, 3.05) is 13.1 Å². The maximum Gasteiger partial charge on any atom is 0.126 e. The standard InChI is InChI=1S/C20H30FN5/c1-15(12-17-6-4-5-7-18(17)21)25-10-8-16(9-11-25)13-26-14-19(23-24-26)20(2,3)22/h4-7,14-16H,8-13,22H2,1-3H3/t15-/m1/s1. The molecule has 1 aliphatic heterocycles. The Morgan fingerprint density at radius 2 is 1.96 bits per heavy atom. The van der Waals surface area contributed by atoms with E-state index in [1.165, 1.54) is 0 Å². The highest BCUT2D eigenvalue weighted by molar-refractivity contribution is 5.18. The monoisotopic (exact) mass is 359 g/mol. The first-order valence-electron chi connectivity index (χ1n) is 9.50. The van der Waals surface area contributed by atoms with Crippen LogP contribution in [0.15, 0.2) is 30.5 Å². The van der Waals surface area contributed by atoms with Crippen LogP contribution in [0.3, 0.4) is 0 Å². The minimum absolute atomic E-state index is 0.0981. The number of nitrogens with two attached hydrogens (primary N) is 1. The van der Waals surface area contributed by atoms with Gasteiger partial charge in [0, 0.05) is 12.6 Å². The molecule has 1 fully saturated rings. The molecular weight excluding hydrogens is 329 g/mol. The van der Waals surface area contributed by atoms with Crippen LogP contribution in [0.5, 0.6) is 0 Å². The minimum atomic E-state index is -0.455. The Hall–Kier alpha value is -1.79. The van der Waals surface area contributed by atoms with E-state index in [0.29, 0.717) is 12.0 Å². The van der Waals surface area contributed by atoms with Gasteiger partial charge in [0.1, 0.15) is 11.5 Å². The van der Waals surface area contributed by atoms with Gasteiger partial charge in [0.2, 0.25) is 0 Å². The van der Waals surface area contributed by atoms with Crippen LogP contribution in [0, 0.1) is 11.7 Å². The molecule has 0 amide bonds. The van der Waals surface area contributed by atoms with Crippen LogP contribution >= 0.6 is 0 Å². The predicted octanol–water partition coefficient (Wildman–Crippen LogP) is 2.95. The lowest BCUT2D eigenvalue weighted by Gasteiger charge is -2.36. The van der Waals surface area contributed by atoms with Gasteiger partial charge in [-0.3, -0.25) is 4.68 Å². The second-order valence-electron chi connectivity index (χ2n) is 8.17. The summed E-state index contributed by atoms with van der Waals surface area (Å²) in [6.45, 7) is 9.06. The molecule has 0 unspecified atom stereocenters. The van der Waals surface area contributed by atoms with Crippen molar-refractivity contribution in [3.8, 4) is 0 Å². The molecule has 1 atom stereocenters. The molecule has 3 rings (SSSR count). The summed E-state index contributed by atoms with van der Waals surface area (Å²) in [5, 5.41) is 8.42. The Morgan fingerprint density at radius 3 is 2.58 bits per heavy atom. The first-order valence-corrected chi connectivity index (χ1v) is 9.50. The Kier molecular flexibility index (Phi) is 5.73. The van der Waals surface area contributed by atoms with Gasteiger partial charge in [-0.25, -0.2) is 4.39 Å². The van der Waals surface area contributed by atoms with E-state index >= 15 is 0 Å². The van der Waals surface area contributed by atoms with Crippen molar-refractivity contribution in [2.45, 2.75) is 58.2 Å². The van der Waals surface area contributed by atoms with Crippen molar-refractivity contribution >= 4 is 0 Å². The van der Waals surface area contributed by atoms with Gasteiger partial charge in [-0.1, -0.05) is 23.4 Å². The number of hydrogen-bond donors (Lipinski definition) is 1. The van der Waals surface area contributed by atoms with Gasteiger partial charge in [-0.05, 0) is 70.7 Å². The summed E-state index contributed by atoms with van der Waals surface area (Å²) in [4.78, 5) is 2.47. The molecule has 5 nitrogen and oxygen atoms in total. The van der Waals surface area contributed by atoms with E-state index in [9.17, 15) is 4.39 Å². The molecule has 0 bridgehead atoms. The molecule has 1 aromatic carbocycles. The summed E-state index contributed by atoms with van der Waals surface area (Å²) in [6.07, 6.45) is 4.98. The number of aromatic nitrogens is 3. The lowest BCUT2D eigenvalue weighted by Crippen LogP contribution is -2.41. The maximum atomic E-state index is 13.9. The van der Waals surface area contributed by atoms with E-state index in [0.717, 1.165) is 50.2 Å². The van der Waals surface area contributed by atoms with E-state index in [1.54, 1.807) is 12.1 Å².